The molecule has 0 saturated carbocycles. The van der Waals surface area contributed by atoms with Crippen LogP contribution in [0.1, 0.15) is 25.3 Å². The Bertz CT molecular complexity index is 1820. The summed E-state index contributed by atoms with van der Waals surface area (Å²) in [6.45, 7) is 6.77. The van der Waals surface area contributed by atoms with Crippen LogP contribution in [-0.2, 0) is 9.59 Å². The van der Waals surface area contributed by atoms with Gasteiger partial charge in [-0.1, -0.05) is 18.2 Å². The highest BCUT2D eigenvalue weighted by molar-refractivity contribution is 5.99. The summed E-state index contributed by atoms with van der Waals surface area (Å²) in [5.41, 5.74) is 8.02. The molecule has 5 heterocycles. The second kappa shape index (κ2) is 13.1. The number of anilines is 2. The fraction of sp³-hybridized carbons (Fsp3) is 0.306. The summed E-state index contributed by atoms with van der Waals surface area (Å²) in [4.78, 5) is 41.5. The summed E-state index contributed by atoms with van der Waals surface area (Å²) < 4.78 is 0. The van der Waals surface area contributed by atoms with Crippen LogP contribution in [0.25, 0.3) is 27.9 Å². The van der Waals surface area contributed by atoms with Crippen LogP contribution in [0.15, 0.2) is 89.7 Å². The van der Waals surface area contributed by atoms with E-state index < -0.39 is 0 Å². The first-order chi connectivity index (χ1) is 22.5. The van der Waals surface area contributed by atoms with Crippen molar-refractivity contribution in [3.8, 4) is 11.3 Å². The minimum atomic E-state index is -0.160. The number of nitrogens with zero attached hydrogens (tertiary/aromatic N) is 6. The number of aromatic nitrogens is 3. The second-order valence-corrected chi connectivity index (χ2v) is 12.2. The summed E-state index contributed by atoms with van der Waals surface area (Å²) in [5, 5.41) is 11.6. The zero-order valence-corrected chi connectivity index (χ0v) is 26.0. The summed E-state index contributed by atoms with van der Waals surface area (Å²) >= 11 is 0. The Morgan fingerprint density at radius 1 is 0.957 bits per heavy atom. The third-order valence-corrected chi connectivity index (χ3v) is 9.18. The third-order valence-electron chi connectivity index (χ3n) is 9.18. The number of aromatic amines is 1. The molecule has 0 spiro atoms. The second-order valence-electron chi connectivity index (χ2n) is 12.2. The molecule has 2 N–H and O–H groups in total. The fourth-order valence-electron chi connectivity index (χ4n) is 6.54. The lowest BCUT2D eigenvalue weighted by molar-refractivity contribution is -0.132. The molecule has 7 rings (SSSR count). The smallest absolute Gasteiger partial charge is 0.236 e. The molecule has 4 aromatic rings. The molecule has 1 atom stereocenters. The minimum Gasteiger partial charge on any atom is -0.368 e. The number of aliphatic imine (C=N–C) groups is 1. The molecule has 3 aliphatic heterocycles. The minimum absolute atomic E-state index is 0.0168. The van der Waals surface area contributed by atoms with Gasteiger partial charge in [0.15, 0.2) is 0 Å². The number of allylic oxidation sites excluding steroid dienone is 3. The molecular formula is C36H38N8O2. The summed E-state index contributed by atoms with van der Waals surface area (Å²) in [7, 11) is 0. The van der Waals surface area contributed by atoms with Gasteiger partial charge in [-0.15, -0.1) is 0 Å². The maximum atomic E-state index is 13.2. The number of carbonyl (C=O) groups is 2. The van der Waals surface area contributed by atoms with Gasteiger partial charge < -0.3 is 15.1 Å². The average molecular weight is 615 g/mol. The van der Waals surface area contributed by atoms with Crippen LogP contribution in [0.4, 0.5) is 11.4 Å². The molecular weight excluding hydrogens is 576 g/mol. The third kappa shape index (κ3) is 6.34. The zero-order chi connectivity index (χ0) is 31.5. The van der Waals surface area contributed by atoms with Crippen molar-refractivity contribution in [1.29, 1.82) is 0 Å². The zero-order valence-electron chi connectivity index (χ0n) is 26.0. The fourth-order valence-corrected chi connectivity index (χ4v) is 6.54. The summed E-state index contributed by atoms with van der Waals surface area (Å²) in [6.07, 6.45) is 11.1. The van der Waals surface area contributed by atoms with Gasteiger partial charge >= 0.3 is 0 Å². The molecule has 2 aromatic heterocycles. The van der Waals surface area contributed by atoms with Crippen LogP contribution in [0.3, 0.4) is 0 Å². The summed E-state index contributed by atoms with van der Waals surface area (Å²) in [5.74, 6) is -0.0453. The molecule has 0 aliphatic carbocycles. The van der Waals surface area contributed by atoms with Crippen molar-refractivity contribution >= 4 is 46.0 Å². The van der Waals surface area contributed by atoms with Gasteiger partial charge in [0, 0.05) is 79.2 Å². The van der Waals surface area contributed by atoms with E-state index in [0.717, 1.165) is 71.6 Å². The van der Waals surface area contributed by atoms with Crippen LogP contribution >= 0.6 is 0 Å². The number of hydrogen-bond donors (Lipinski definition) is 2. The molecule has 10 heteroatoms. The first-order valence-electron chi connectivity index (χ1n) is 16.0. The number of H-pyrrole nitrogens is 1. The van der Waals surface area contributed by atoms with Gasteiger partial charge in [-0.25, -0.2) is 0 Å². The Labute approximate surface area is 268 Å². The normalized spacial score (nSPS) is 18.8. The topological polar surface area (TPSA) is 110 Å². The lowest BCUT2D eigenvalue weighted by Gasteiger charge is -2.36. The van der Waals surface area contributed by atoms with E-state index in [1.807, 2.05) is 47.5 Å². The van der Waals surface area contributed by atoms with E-state index in [1.165, 1.54) is 11.3 Å². The van der Waals surface area contributed by atoms with E-state index in [2.05, 4.69) is 72.6 Å². The van der Waals surface area contributed by atoms with Gasteiger partial charge in [-0.2, -0.15) is 5.10 Å². The number of amides is 2. The SMILES string of the molecule is CC1=C(c2ccc(N3CCN(C(=O)CN4CCC(C(=O)Nc5ccc6[nH]nc(-c7ccncc7)c6c5)C4)CC3)cc2)N=CC=CC1. The number of benzene rings is 2. The maximum absolute atomic E-state index is 13.2. The standard InChI is InChI=1S/C36H38N8O2/c1-25-4-2-3-14-38-34(25)26-5-8-30(9-6-26)43-18-20-44(21-19-43)33(45)24-42-17-13-28(23-42)36(46)39-29-7-10-32-31(22-29)35(41-40-32)27-11-15-37-16-12-27/h2-3,5-12,14-16,22,28H,4,13,17-21,23-24H2,1H3,(H,39,46)(H,40,41). The number of likely N-dealkylation sites (tertiary alicyclic amines) is 1. The van der Waals surface area contributed by atoms with Crippen LogP contribution in [0, 0.1) is 5.92 Å². The molecule has 10 nitrogen and oxygen atoms in total. The molecule has 1 unspecified atom stereocenters. The van der Waals surface area contributed by atoms with E-state index in [9.17, 15) is 9.59 Å². The van der Waals surface area contributed by atoms with Crippen LogP contribution < -0.4 is 10.2 Å². The molecule has 2 amide bonds. The van der Waals surface area contributed by atoms with Crippen LogP contribution in [0.2, 0.25) is 0 Å². The Kier molecular flexibility index (Phi) is 8.43. The van der Waals surface area contributed by atoms with Crippen molar-refractivity contribution < 1.29 is 9.59 Å². The van der Waals surface area contributed by atoms with Gasteiger partial charge in [0.25, 0.3) is 0 Å². The van der Waals surface area contributed by atoms with Crippen molar-refractivity contribution in [2.75, 3.05) is 56.0 Å². The van der Waals surface area contributed by atoms with Gasteiger partial charge in [-0.05, 0) is 80.4 Å². The highest BCUT2D eigenvalue weighted by Gasteiger charge is 2.31. The van der Waals surface area contributed by atoms with E-state index in [-0.39, 0.29) is 17.7 Å². The number of fused-ring (bicyclic) bond motifs is 1. The number of pyridine rings is 1. The predicted octanol–water partition coefficient (Wildman–Crippen LogP) is 5.00. The largest absolute Gasteiger partial charge is 0.368 e. The highest BCUT2D eigenvalue weighted by atomic mass is 16.2. The van der Waals surface area contributed by atoms with E-state index in [0.29, 0.717) is 26.2 Å². The van der Waals surface area contributed by atoms with E-state index in [1.54, 1.807) is 12.4 Å². The molecule has 3 aliphatic rings. The van der Waals surface area contributed by atoms with Crippen molar-refractivity contribution in [2.24, 2.45) is 10.9 Å². The lowest BCUT2D eigenvalue weighted by Crippen LogP contribution is -2.51. The van der Waals surface area contributed by atoms with Crippen molar-refractivity contribution in [2.45, 2.75) is 19.8 Å². The predicted molar refractivity (Wildman–Crippen MR) is 183 cm³/mol. The first-order valence-corrected chi connectivity index (χ1v) is 16.0. The van der Waals surface area contributed by atoms with Gasteiger partial charge in [-0.3, -0.25) is 29.6 Å². The molecule has 46 heavy (non-hydrogen) atoms. The Morgan fingerprint density at radius 3 is 2.57 bits per heavy atom. The van der Waals surface area contributed by atoms with E-state index in [4.69, 9.17) is 0 Å². The molecule has 0 radical (unpaired) electrons. The van der Waals surface area contributed by atoms with Crippen molar-refractivity contribution in [3.05, 3.63) is 90.3 Å². The summed E-state index contributed by atoms with van der Waals surface area (Å²) in [6, 6.07) is 18.2. The van der Waals surface area contributed by atoms with Gasteiger partial charge in [0.05, 0.1) is 23.7 Å². The number of carbonyl (C=O) groups excluding carboxylic acids is 2. The van der Waals surface area contributed by atoms with Gasteiger partial charge in [0.2, 0.25) is 11.8 Å². The van der Waals surface area contributed by atoms with E-state index >= 15 is 0 Å². The first kappa shape index (κ1) is 29.6. The Morgan fingerprint density at radius 2 is 1.76 bits per heavy atom. The number of rotatable bonds is 7. The van der Waals surface area contributed by atoms with Crippen molar-refractivity contribution in [1.82, 2.24) is 25.0 Å². The lowest BCUT2D eigenvalue weighted by atomic mass is 10.0. The monoisotopic (exact) mass is 614 g/mol. The number of piperazine rings is 1. The average Bonchev–Trinajstić information content (AvgIpc) is 3.68. The van der Waals surface area contributed by atoms with Crippen LogP contribution in [0.5, 0.6) is 0 Å². The highest BCUT2D eigenvalue weighted by Crippen LogP contribution is 2.29. The molecule has 2 aromatic carbocycles. The quantitative estimate of drug-likeness (QED) is 0.304. The number of hydrogen-bond acceptors (Lipinski definition) is 7. The van der Waals surface area contributed by atoms with Gasteiger partial charge in [0.1, 0.15) is 5.69 Å². The van der Waals surface area contributed by atoms with Crippen molar-refractivity contribution in [3.63, 3.8) is 0 Å². The molecule has 0 bridgehead atoms. The Balaban J connectivity index is 0.894. The molecule has 2 saturated heterocycles. The maximum Gasteiger partial charge on any atom is 0.236 e. The number of nitrogens with one attached hydrogen (secondary N) is 2. The molecule has 2 fully saturated rings. The Hall–Kier alpha value is -5.09. The molecule has 234 valence electrons. The van der Waals surface area contributed by atoms with Crippen LogP contribution in [-0.4, -0.2) is 88.8 Å².